The van der Waals surface area contributed by atoms with Crippen molar-refractivity contribution in [1.82, 2.24) is 29.5 Å². The number of nitrogens with one attached hydrogen (secondary N) is 4. The predicted molar refractivity (Wildman–Crippen MR) is 273 cm³/mol. The summed E-state index contributed by atoms with van der Waals surface area (Å²) in [4.78, 5) is 33.1. The van der Waals surface area contributed by atoms with Gasteiger partial charge in [-0.3, -0.25) is 9.69 Å². The monoisotopic (exact) mass is 996 g/mol. The van der Waals surface area contributed by atoms with Crippen molar-refractivity contribution in [2.45, 2.75) is 114 Å². The Morgan fingerprint density at radius 3 is 2.48 bits per heavy atom. The van der Waals surface area contributed by atoms with Gasteiger partial charge in [0, 0.05) is 81.4 Å². The number of quaternary nitrogens is 1. The fourth-order valence-electron chi connectivity index (χ4n) is 11.4. The van der Waals surface area contributed by atoms with Gasteiger partial charge in [-0.25, -0.2) is 22.5 Å². The third kappa shape index (κ3) is 10.9. The van der Waals surface area contributed by atoms with Gasteiger partial charge in [-0.15, -0.1) is 0 Å². The number of hydroxylamine groups is 1. The normalized spacial score (nSPS) is 22.6. The number of ether oxygens (including phenoxy) is 2. The second kappa shape index (κ2) is 20.6. The number of likely N-dealkylation sites (N-methyl/N-ethyl adjacent to an activating group) is 1. The van der Waals surface area contributed by atoms with E-state index in [1.807, 2.05) is 6.92 Å². The van der Waals surface area contributed by atoms with Crippen LogP contribution >= 0.6 is 0 Å². The van der Waals surface area contributed by atoms with Crippen LogP contribution in [0.1, 0.15) is 119 Å². The number of rotatable bonds is 16. The summed E-state index contributed by atoms with van der Waals surface area (Å²) in [7, 11) is -3.25. The molecule has 9 rings (SSSR count). The molecular weight excluding hydrogens is 926 g/mol. The number of aliphatic hydroxyl groups is 1. The molecule has 0 bridgehead atoms. The first-order valence-electron chi connectivity index (χ1n) is 25.4. The number of benzene rings is 2. The van der Waals surface area contributed by atoms with Crippen LogP contribution in [0, 0.1) is 22.4 Å². The highest BCUT2D eigenvalue weighted by Gasteiger charge is 2.50. The van der Waals surface area contributed by atoms with E-state index < -0.39 is 32.4 Å². The Morgan fingerprint density at radius 2 is 1.77 bits per heavy atom. The summed E-state index contributed by atoms with van der Waals surface area (Å²) in [5, 5.41) is 26.2. The molecule has 1 amide bonds. The number of piperidine rings is 1. The number of fused-ring (bicyclic) bond motifs is 1. The van der Waals surface area contributed by atoms with Gasteiger partial charge in [-0.1, -0.05) is 45.0 Å². The first-order chi connectivity index (χ1) is 33.9. The Hall–Kier alpha value is -5.37. The molecule has 2 aliphatic carbocycles. The fraction of sp³-hybridized carbons (Fsp3) is 0.528. The highest BCUT2D eigenvalue weighted by Crippen LogP contribution is 2.53. The highest BCUT2D eigenvalue weighted by atomic mass is 32.2. The zero-order valence-corrected chi connectivity index (χ0v) is 42.7. The van der Waals surface area contributed by atoms with Gasteiger partial charge in [0.05, 0.1) is 36.4 Å². The molecule has 382 valence electrons. The molecular formula is C53H70FN9O7S. The maximum absolute atomic E-state index is 15.0. The lowest BCUT2D eigenvalue weighted by molar-refractivity contribution is -0.751. The van der Waals surface area contributed by atoms with E-state index in [0.29, 0.717) is 37.4 Å². The van der Waals surface area contributed by atoms with Crippen molar-refractivity contribution in [3.63, 3.8) is 0 Å². The molecule has 1 unspecified atom stereocenters. The molecule has 18 heteroatoms. The van der Waals surface area contributed by atoms with Crippen LogP contribution in [0.3, 0.4) is 0 Å². The Kier molecular flexibility index (Phi) is 14.7. The number of nitrogens with zero attached hydrogens (tertiary/aromatic N) is 5. The quantitative estimate of drug-likeness (QED) is 0.0606. The van der Waals surface area contributed by atoms with Crippen LogP contribution in [0.5, 0.6) is 17.4 Å². The van der Waals surface area contributed by atoms with Gasteiger partial charge >= 0.3 is 0 Å². The maximum atomic E-state index is 15.0. The molecule has 4 aliphatic rings. The smallest absolute Gasteiger partial charge is 0.268 e. The number of aromatic nitrogens is 3. The average molecular weight is 996 g/mol. The van der Waals surface area contributed by atoms with E-state index in [9.17, 15) is 27.9 Å². The molecule has 71 heavy (non-hydrogen) atoms. The number of carbonyl (C=O) groups excluding carboxylic acids is 1. The van der Waals surface area contributed by atoms with Gasteiger partial charge in [0.2, 0.25) is 0 Å². The van der Waals surface area contributed by atoms with E-state index in [1.54, 1.807) is 19.1 Å². The van der Waals surface area contributed by atoms with Crippen molar-refractivity contribution in [3.05, 3.63) is 94.7 Å². The fourth-order valence-corrected chi connectivity index (χ4v) is 12.3. The molecule has 2 atom stereocenters. The molecule has 2 aliphatic heterocycles. The molecule has 0 radical (unpaired) electrons. The van der Waals surface area contributed by atoms with Crippen molar-refractivity contribution >= 4 is 44.2 Å². The Balaban J connectivity index is 0.937. The van der Waals surface area contributed by atoms with Gasteiger partial charge in [0.1, 0.15) is 22.1 Å². The van der Waals surface area contributed by atoms with Crippen LogP contribution in [0.25, 0.3) is 11.0 Å². The molecule has 2 aromatic carbocycles. The van der Waals surface area contributed by atoms with Crippen molar-refractivity contribution < 1.29 is 37.2 Å². The molecule has 3 aromatic heterocycles. The van der Waals surface area contributed by atoms with Crippen LogP contribution in [0.4, 0.5) is 21.6 Å². The topological polar surface area (TPSA) is 193 Å². The van der Waals surface area contributed by atoms with E-state index in [0.717, 1.165) is 89.7 Å². The van der Waals surface area contributed by atoms with Crippen LogP contribution in [0.2, 0.25) is 0 Å². The Labute approximate surface area is 416 Å². The van der Waals surface area contributed by atoms with E-state index in [-0.39, 0.29) is 68.3 Å². The minimum absolute atomic E-state index is 0.0162. The van der Waals surface area contributed by atoms with Crippen LogP contribution in [0.15, 0.2) is 71.9 Å². The summed E-state index contributed by atoms with van der Waals surface area (Å²) < 4.78 is 57.3. The zero-order valence-electron chi connectivity index (χ0n) is 41.9. The lowest BCUT2D eigenvalue weighted by atomic mass is 9.59. The van der Waals surface area contributed by atoms with Crippen molar-refractivity contribution in [1.29, 1.82) is 0 Å². The van der Waals surface area contributed by atoms with Crippen molar-refractivity contribution in [2.24, 2.45) is 11.3 Å². The van der Waals surface area contributed by atoms with Crippen LogP contribution in [-0.2, 0) is 10.0 Å². The highest BCUT2D eigenvalue weighted by molar-refractivity contribution is 7.90. The third-order valence-corrected chi connectivity index (χ3v) is 17.0. The van der Waals surface area contributed by atoms with Gasteiger partial charge < -0.3 is 45.0 Å². The molecule has 5 aromatic rings. The summed E-state index contributed by atoms with van der Waals surface area (Å²) in [5.41, 5.74) is 3.41. The maximum Gasteiger partial charge on any atom is 0.268 e. The second-order valence-electron chi connectivity index (χ2n) is 20.9. The first kappa shape index (κ1) is 50.6. The second-order valence-corrected chi connectivity index (χ2v) is 22.6. The number of carbonyl (C=O) groups is 1. The number of pyridine rings is 2. The largest absolute Gasteiger partial charge is 0.629 e. The average Bonchev–Trinajstić information content (AvgIpc) is 3.70. The van der Waals surface area contributed by atoms with Gasteiger partial charge in [-0.05, 0) is 112 Å². The molecule has 4 fully saturated rings. The molecule has 5 N–H and O–H groups in total. The van der Waals surface area contributed by atoms with Gasteiger partial charge in [0.25, 0.3) is 21.8 Å². The molecule has 2 saturated heterocycles. The molecule has 16 nitrogen and oxygen atoms in total. The first-order valence-corrected chi connectivity index (χ1v) is 26.9. The number of piperazine rings is 1. The lowest BCUT2D eigenvalue weighted by Gasteiger charge is -2.58. The number of sulfonamides is 1. The van der Waals surface area contributed by atoms with Gasteiger partial charge in [0.15, 0.2) is 17.3 Å². The number of hydrogen-bond donors (Lipinski definition) is 5. The van der Waals surface area contributed by atoms with Crippen LogP contribution < -0.4 is 29.5 Å². The van der Waals surface area contributed by atoms with E-state index >= 15 is 0 Å². The van der Waals surface area contributed by atoms with Crippen molar-refractivity contribution in [2.75, 3.05) is 69.7 Å². The van der Waals surface area contributed by atoms with E-state index in [1.165, 1.54) is 42.6 Å². The minimum atomic E-state index is -4.58. The predicted octanol–water partition coefficient (Wildman–Crippen LogP) is 7.66. The minimum Gasteiger partial charge on any atom is -0.629 e. The van der Waals surface area contributed by atoms with Crippen molar-refractivity contribution in [3.8, 4) is 17.4 Å². The Bertz CT molecular complexity index is 2810. The summed E-state index contributed by atoms with van der Waals surface area (Å²) >= 11 is 0. The number of halogens is 1. The molecule has 1 spiro atoms. The molecule has 2 saturated carbocycles. The molecule has 5 heterocycles. The summed E-state index contributed by atoms with van der Waals surface area (Å²) in [6.07, 6.45) is 9.51. The number of H-pyrrole nitrogens is 1. The van der Waals surface area contributed by atoms with E-state index in [4.69, 9.17) is 9.47 Å². The standard InChI is InChI=1S/C53H70FN9O7S/c1-7-61-23-24-63(45(33-61)40-12-10-9-11-39(40)34(3)4)37-28-53(29-37)19-21-62(22-20-53)36-13-14-41(46(25-36)70-47-27-42-43(54)32-57-48(42)58-51(47)69-8-2)50(64)59-71(67,68)38-26-44(60(6)66)49(56-31-38)55-30-35-15-17-52(5,65)18-16-35/h9-14,25-27,31-32,34-35,37,45,60,65H,7-8,15-24,28-30,33H2,1-6H3,(H,55,56)(H,57,58)(H,59,64)/t35?,45-,52?/m0/s1. The van der Waals surface area contributed by atoms with Gasteiger partial charge in [-0.2, -0.15) is 4.98 Å². The number of hydrogen-bond acceptors (Lipinski definition) is 13. The van der Waals surface area contributed by atoms with Crippen LogP contribution in [-0.4, -0.2) is 115 Å². The summed E-state index contributed by atoms with van der Waals surface area (Å²) in [5.74, 6) is -0.494. The number of aromatic amines is 1. The SMILES string of the molecule is CCOc1nc2[nH]cc(F)c2cc1Oc1cc(N2CCC3(CC2)CC(N2CCN(CC)C[C@H]2c2ccccc2C(C)C)C3)ccc1C(=O)NS(=O)(=O)c1cnc(NCC2CCC(C)(O)CC2)c([NH+](C)[O-])c1. The van der Waals surface area contributed by atoms with E-state index in [2.05, 4.69) is 84.7 Å². The third-order valence-electron chi connectivity index (χ3n) is 15.7. The Morgan fingerprint density at radius 1 is 1.03 bits per heavy atom. The lowest BCUT2D eigenvalue weighted by Crippen LogP contribution is -2.98. The zero-order chi connectivity index (χ0) is 50.2. The number of anilines is 2. The summed E-state index contributed by atoms with van der Waals surface area (Å²) in [6, 6.07) is 17.5. The summed E-state index contributed by atoms with van der Waals surface area (Å²) in [6.45, 7) is 16.9. The number of amides is 1.